The molecular formula is C21H18FN5OS. The second kappa shape index (κ2) is 8.00. The Bertz CT molecular complexity index is 1210. The van der Waals surface area contributed by atoms with E-state index in [4.69, 9.17) is 0 Å². The highest BCUT2D eigenvalue weighted by atomic mass is 32.2. The number of nitrogens with zero attached hydrogens (tertiary/aromatic N) is 4. The van der Waals surface area contributed by atoms with E-state index in [-0.39, 0.29) is 17.5 Å². The van der Waals surface area contributed by atoms with Gasteiger partial charge in [-0.3, -0.25) is 4.79 Å². The quantitative estimate of drug-likeness (QED) is 0.500. The predicted molar refractivity (Wildman–Crippen MR) is 111 cm³/mol. The Kier molecular flexibility index (Phi) is 5.26. The molecular weight excluding hydrogens is 389 g/mol. The molecule has 0 spiro atoms. The lowest BCUT2D eigenvalue weighted by Gasteiger charge is -2.09. The summed E-state index contributed by atoms with van der Waals surface area (Å²) in [6.45, 7) is 3.98. The fourth-order valence-corrected chi connectivity index (χ4v) is 3.59. The molecule has 6 nitrogen and oxygen atoms in total. The summed E-state index contributed by atoms with van der Waals surface area (Å²) >= 11 is 1.31. The molecule has 0 unspecified atom stereocenters. The molecule has 1 N–H and O–H groups in total. The molecule has 0 aliphatic rings. The van der Waals surface area contributed by atoms with Crippen LogP contribution in [0.3, 0.4) is 0 Å². The molecule has 146 valence electrons. The fraction of sp³-hybridized carbons (Fsp3) is 0.143. The van der Waals surface area contributed by atoms with Crippen molar-refractivity contribution in [2.75, 3.05) is 11.1 Å². The van der Waals surface area contributed by atoms with E-state index in [0.29, 0.717) is 22.1 Å². The maximum Gasteiger partial charge on any atom is 0.234 e. The lowest BCUT2D eigenvalue weighted by molar-refractivity contribution is -0.113. The van der Waals surface area contributed by atoms with Crippen LogP contribution in [0, 0.1) is 19.7 Å². The number of halogens is 1. The number of carbonyl (C=O) groups excluding carboxylic acids is 1. The molecule has 2 aromatic heterocycles. The molecule has 0 aliphatic carbocycles. The molecule has 0 saturated carbocycles. The van der Waals surface area contributed by atoms with Crippen molar-refractivity contribution in [3.05, 3.63) is 71.5 Å². The van der Waals surface area contributed by atoms with Crippen LogP contribution in [0.25, 0.3) is 17.0 Å². The minimum absolute atomic E-state index is 0.113. The third-order valence-electron chi connectivity index (χ3n) is 4.33. The Balaban J connectivity index is 1.50. The molecule has 8 heteroatoms. The van der Waals surface area contributed by atoms with Crippen LogP contribution in [-0.2, 0) is 4.79 Å². The summed E-state index contributed by atoms with van der Waals surface area (Å²) in [6.07, 6.45) is 0. The monoisotopic (exact) mass is 407 g/mol. The van der Waals surface area contributed by atoms with Gasteiger partial charge >= 0.3 is 0 Å². The van der Waals surface area contributed by atoms with Crippen molar-refractivity contribution < 1.29 is 9.18 Å². The molecule has 0 aliphatic heterocycles. The molecule has 1 amide bonds. The maximum absolute atomic E-state index is 13.6. The number of amides is 1. The van der Waals surface area contributed by atoms with Gasteiger partial charge in [-0.2, -0.15) is 9.61 Å². The largest absolute Gasteiger partial charge is 0.325 e. The number of aryl methyl sites for hydroxylation is 2. The molecule has 2 aromatic carbocycles. The number of fused-ring (bicyclic) bond motifs is 1. The number of benzene rings is 2. The molecule has 0 saturated heterocycles. The smallest absolute Gasteiger partial charge is 0.234 e. The van der Waals surface area contributed by atoms with Gasteiger partial charge in [0.25, 0.3) is 0 Å². The van der Waals surface area contributed by atoms with E-state index in [1.165, 1.54) is 23.9 Å². The Morgan fingerprint density at radius 1 is 1.10 bits per heavy atom. The normalized spacial score (nSPS) is 11.0. The van der Waals surface area contributed by atoms with Gasteiger partial charge in [0.05, 0.1) is 5.75 Å². The van der Waals surface area contributed by atoms with Crippen molar-refractivity contribution in [3.63, 3.8) is 0 Å². The molecule has 0 radical (unpaired) electrons. The number of rotatable bonds is 5. The highest BCUT2D eigenvalue weighted by Gasteiger charge is 2.12. The molecule has 2 heterocycles. The first-order valence-electron chi connectivity index (χ1n) is 8.98. The number of thioether (sulfide) groups is 1. The van der Waals surface area contributed by atoms with Gasteiger partial charge in [-0.05, 0) is 49.7 Å². The van der Waals surface area contributed by atoms with Crippen LogP contribution >= 0.6 is 11.8 Å². The third-order valence-corrected chi connectivity index (χ3v) is 5.25. The molecule has 4 aromatic rings. The Hall–Kier alpha value is -3.26. The number of anilines is 1. The molecule has 29 heavy (non-hydrogen) atoms. The van der Waals surface area contributed by atoms with Crippen molar-refractivity contribution in [1.29, 1.82) is 0 Å². The van der Waals surface area contributed by atoms with E-state index >= 15 is 0 Å². The van der Waals surface area contributed by atoms with E-state index in [0.717, 1.165) is 16.8 Å². The first kappa shape index (κ1) is 19.1. The van der Waals surface area contributed by atoms with E-state index in [2.05, 4.69) is 20.6 Å². The van der Waals surface area contributed by atoms with E-state index in [9.17, 15) is 9.18 Å². The summed E-state index contributed by atoms with van der Waals surface area (Å²) in [5, 5.41) is 16.3. The minimum Gasteiger partial charge on any atom is -0.325 e. The summed E-state index contributed by atoms with van der Waals surface area (Å²) < 4.78 is 15.1. The summed E-state index contributed by atoms with van der Waals surface area (Å²) in [4.78, 5) is 12.3. The van der Waals surface area contributed by atoms with Crippen LogP contribution in [0.4, 0.5) is 10.1 Å². The lowest BCUT2D eigenvalue weighted by atomic mass is 10.1. The van der Waals surface area contributed by atoms with E-state index < -0.39 is 0 Å². The van der Waals surface area contributed by atoms with Gasteiger partial charge in [0.2, 0.25) is 5.91 Å². The van der Waals surface area contributed by atoms with Crippen LogP contribution < -0.4 is 5.32 Å². The second-order valence-electron chi connectivity index (χ2n) is 6.63. The number of aromatic nitrogens is 4. The van der Waals surface area contributed by atoms with Gasteiger partial charge in [-0.15, -0.1) is 10.2 Å². The topological polar surface area (TPSA) is 72.2 Å². The maximum atomic E-state index is 13.6. The molecule has 0 atom stereocenters. The zero-order valence-corrected chi connectivity index (χ0v) is 16.7. The van der Waals surface area contributed by atoms with Gasteiger partial charge < -0.3 is 5.32 Å². The van der Waals surface area contributed by atoms with Crippen molar-refractivity contribution in [2.24, 2.45) is 0 Å². The van der Waals surface area contributed by atoms with Gasteiger partial charge in [0.15, 0.2) is 11.5 Å². The zero-order chi connectivity index (χ0) is 20.4. The first-order chi connectivity index (χ1) is 14.0. The summed E-state index contributed by atoms with van der Waals surface area (Å²) in [6, 6.07) is 15.6. The Labute approximate surface area is 171 Å². The third kappa shape index (κ3) is 4.27. The number of hydrogen-bond donors (Lipinski definition) is 1. The lowest BCUT2D eigenvalue weighted by Crippen LogP contribution is -2.15. The van der Waals surface area contributed by atoms with Crippen LogP contribution in [0.1, 0.15) is 11.1 Å². The van der Waals surface area contributed by atoms with E-state index in [1.807, 2.05) is 32.0 Å². The van der Waals surface area contributed by atoms with E-state index in [1.54, 1.807) is 28.8 Å². The summed E-state index contributed by atoms with van der Waals surface area (Å²) in [5.41, 5.74) is 4.10. The Morgan fingerprint density at radius 2 is 1.97 bits per heavy atom. The predicted octanol–water partition coefficient (Wildman–Crippen LogP) is 4.28. The molecule has 4 rings (SSSR count). The molecule has 0 fully saturated rings. The first-order valence-corrected chi connectivity index (χ1v) is 9.96. The second-order valence-corrected chi connectivity index (χ2v) is 7.63. The van der Waals surface area contributed by atoms with Crippen molar-refractivity contribution in [1.82, 2.24) is 19.8 Å². The van der Waals surface area contributed by atoms with Gasteiger partial charge in [0, 0.05) is 11.3 Å². The van der Waals surface area contributed by atoms with Crippen molar-refractivity contribution >= 4 is 29.0 Å². The molecule has 0 bridgehead atoms. The van der Waals surface area contributed by atoms with Gasteiger partial charge in [-0.25, -0.2) is 4.39 Å². The fourth-order valence-electron chi connectivity index (χ4n) is 2.94. The van der Waals surface area contributed by atoms with Crippen LogP contribution in [0.2, 0.25) is 0 Å². The van der Waals surface area contributed by atoms with Crippen LogP contribution in [0.5, 0.6) is 0 Å². The zero-order valence-electron chi connectivity index (χ0n) is 15.9. The number of hydrogen-bond acceptors (Lipinski definition) is 5. The SMILES string of the molecule is Cc1ccc(NC(=O)CSc2ccc3nnc(-c4cccc(F)c4)n3n2)c(C)c1. The minimum atomic E-state index is -0.354. The van der Waals surface area contributed by atoms with Gasteiger partial charge in [-0.1, -0.05) is 41.6 Å². The van der Waals surface area contributed by atoms with Crippen LogP contribution in [-0.4, -0.2) is 31.5 Å². The number of nitrogens with one attached hydrogen (secondary N) is 1. The standard InChI is InChI=1S/C21H18FN5OS/c1-13-6-7-17(14(2)10-13)23-19(28)12-29-20-9-8-18-24-25-21(27(18)26-20)15-4-3-5-16(22)11-15/h3-11H,12H2,1-2H3,(H,23,28). The summed E-state index contributed by atoms with van der Waals surface area (Å²) in [5.74, 6) is 0.191. The number of carbonyl (C=O) groups is 1. The average molecular weight is 407 g/mol. The average Bonchev–Trinajstić information content (AvgIpc) is 3.12. The highest BCUT2D eigenvalue weighted by molar-refractivity contribution is 7.99. The van der Waals surface area contributed by atoms with Crippen LogP contribution in [0.15, 0.2) is 59.6 Å². The van der Waals surface area contributed by atoms with Crippen molar-refractivity contribution in [2.45, 2.75) is 18.9 Å². The van der Waals surface area contributed by atoms with Gasteiger partial charge in [0.1, 0.15) is 10.8 Å². The summed E-state index contributed by atoms with van der Waals surface area (Å²) in [7, 11) is 0. The Morgan fingerprint density at radius 3 is 2.76 bits per heavy atom. The van der Waals surface area contributed by atoms with Crippen molar-refractivity contribution in [3.8, 4) is 11.4 Å². The highest BCUT2D eigenvalue weighted by Crippen LogP contribution is 2.22.